The largest absolute Gasteiger partial charge is 0.471 e. The van der Waals surface area contributed by atoms with E-state index in [9.17, 15) is 27.2 Å². The van der Waals surface area contributed by atoms with Crippen LogP contribution in [0.3, 0.4) is 0 Å². The van der Waals surface area contributed by atoms with Gasteiger partial charge in [0.15, 0.2) is 0 Å². The van der Waals surface area contributed by atoms with Crippen molar-refractivity contribution in [2.75, 3.05) is 5.32 Å². The van der Waals surface area contributed by atoms with Gasteiger partial charge in [-0.05, 0) is 35.4 Å². The minimum absolute atomic E-state index is 0.00344. The molecule has 0 atom stereocenters. The Balaban J connectivity index is 1.83. The van der Waals surface area contributed by atoms with Crippen LogP contribution in [0.25, 0.3) is 0 Å². The van der Waals surface area contributed by atoms with Gasteiger partial charge in [0, 0.05) is 12.2 Å². The van der Waals surface area contributed by atoms with Gasteiger partial charge in [-0.15, -0.1) is 0 Å². The molecule has 4 nitrogen and oxygen atoms in total. The molecule has 0 heterocycles. The highest BCUT2D eigenvalue weighted by Gasteiger charge is 2.38. The van der Waals surface area contributed by atoms with Crippen LogP contribution in [0.1, 0.15) is 11.1 Å². The standard InChI is InChI=1S/C17H14F4N2O2/c18-13-5-1-11(2-6-13)9-15(24)22-10-12-3-7-14(8-4-12)23-16(25)17(19,20)21/h1-8H,9-10H2,(H,22,24)(H,23,25). The maximum absolute atomic E-state index is 12.8. The summed E-state index contributed by atoms with van der Waals surface area (Å²) < 4.78 is 49.2. The molecule has 2 rings (SSSR count). The molecule has 0 fully saturated rings. The first kappa shape index (κ1) is 18.4. The molecule has 0 aliphatic rings. The van der Waals surface area contributed by atoms with Gasteiger partial charge in [0.25, 0.3) is 0 Å². The summed E-state index contributed by atoms with van der Waals surface area (Å²) in [7, 11) is 0. The Bertz CT molecular complexity index is 741. The summed E-state index contributed by atoms with van der Waals surface area (Å²) in [6.45, 7) is 0.174. The summed E-state index contributed by atoms with van der Waals surface area (Å²) in [6.07, 6.45) is -4.87. The quantitative estimate of drug-likeness (QED) is 0.811. The number of carbonyl (C=O) groups excluding carboxylic acids is 2. The molecule has 0 unspecified atom stereocenters. The Kier molecular flexibility index (Phi) is 5.74. The van der Waals surface area contributed by atoms with Crippen LogP contribution < -0.4 is 10.6 Å². The fraction of sp³-hybridized carbons (Fsp3) is 0.176. The number of nitrogens with one attached hydrogen (secondary N) is 2. The van der Waals surface area contributed by atoms with Crippen LogP contribution in [-0.2, 0) is 22.6 Å². The molecule has 0 spiro atoms. The van der Waals surface area contributed by atoms with E-state index >= 15 is 0 Å². The zero-order valence-electron chi connectivity index (χ0n) is 12.9. The van der Waals surface area contributed by atoms with E-state index in [0.717, 1.165) is 0 Å². The predicted octanol–water partition coefficient (Wildman–Crippen LogP) is 3.19. The summed E-state index contributed by atoms with van der Waals surface area (Å²) in [4.78, 5) is 22.6. The Morgan fingerprint density at radius 2 is 1.44 bits per heavy atom. The van der Waals surface area contributed by atoms with Gasteiger partial charge in [0.1, 0.15) is 5.82 Å². The van der Waals surface area contributed by atoms with E-state index in [1.165, 1.54) is 48.5 Å². The number of amides is 2. The van der Waals surface area contributed by atoms with Gasteiger partial charge >= 0.3 is 12.1 Å². The molecule has 8 heteroatoms. The second kappa shape index (κ2) is 7.78. The van der Waals surface area contributed by atoms with Gasteiger partial charge < -0.3 is 10.6 Å². The highest BCUT2D eigenvalue weighted by atomic mass is 19.4. The third-order valence-corrected chi connectivity index (χ3v) is 3.24. The number of hydrogen-bond donors (Lipinski definition) is 2. The highest BCUT2D eigenvalue weighted by molar-refractivity contribution is 5.94. The van der Waals surface area contributed by atoms with Crippen LogP contribution in [0.4, 0.5) is 23.2 Å². The summed E-state index contributed by atoms with van der Waals surface area (Å²) in [5.41, 5.74) is 1.31. The van der Waals surface area contributed by atoms with Crippen LogP contribution in [0.2, 0.25) is 0 Å². The maximum Gasteiger partial charge on any atom is 0.471 e. The number of halogens is 4. The first-order valence-electron chi connectivity index (χ1n) is 7.22. The molecule has 0 saturated heterocycles. The van der Waals surface area contributed by atoms with Crippen LogP contribution in [-0.4, -0.2) is 18.0 Å². The van der Waals surface area contributed by atoms with E-state index in [1.807, 2.05) is 0 Å². The van der Waals surface area contributed by atoms with Crippen LogP contribution >= 0.6 is 0 Å². The Morgan fingerprint density at radius 3 is 2.00 bits per heavy atom. The van der Waals surface area contributed by atoms with Crippen molar-refractivity contribution in [1.82, 2.24) is 5.32 Å². The molecular weight excluding hydrogens is 340 g/mol. The monoisotopic (exact) mass is 354 g/mol. The molecule has 2 amide bonds. The number of rotatable bonds is 5. The summed E-state index contributed by atoms with van der Waals surface area (Å²) in [5, 5.41) is 4.38. The van der Waals surface area contributed by atoms with Gasteiger partial charge in [-0.25, -0.2) is 4.39 Å². The minimum atomic E-state index is -4.95. The molecule has 0 bridgehead atoms. The molecule has 2 N–H and O–H groups in total. The summed E-state index contributed by atoms with van der Waals surface area (Å²) in [5.74, 6) is -2.71. The Morgan fingerprint density at radius 1 is 0.880 bits per heavy atom. The number of anilines is 1. The van der Waals surface area contributed by atoms with E-state index in [1.54, 1.807) is 5.32 Å². The topological polar surface area (TPSA) is 58.2 Å². The Hall–Kier alpha value is -2.90. The summed E-state index contributed by atoms with van der Waals surface area (Å²) in [6, 6.07) is 11.1. The molecule has 0 aromatic heterocycles. The second-order valence-electron chi connectivity index (χ2n) is 5.23. The van der Waals surface area contributed by atoms with Crippen molar-refractivity contribution in [3.63, 3.8) is 0 Å². The van der Waals surface area contributed by atoms with Gasteiger partial charge in [-0.2, -0.15) is 13.2 Å². The normalized spacial score (nSPS) is 11.0. The van der Waals surface area contributed by atoms with Crippen LogP contribution in [0.15, 0.2) is 48.5 Å². The SMILES string of the molecule is O=C(Cc1ccc(F)cc1)NCc1ccc(NC(=O)C(F)(F)F)cc1. The first-order valence-corrected chi connectivity index (χ1v) is 7.22. The van der Waals surface area contributed by atoms with Gasteiger partial charge in [-0.1, -0.05) is 24.3 Å². The van der Waals surface area contributed by atoms with Crippen molar-refractivity contribution >= 4 is 17.5 Å². The van der Waals surface area contributed by atoms with E-state index in [4.69, 9.17) is 0 Å². The molecule has 132 valence electrons. The lowest BCUT2D eigenvalue weighted by Crippen LogP contribution is -2.29. The zero-order valence-corrected chi connectivity index (χ0v) is 12.9. The highest BCUT2D eigenvalue weighted by Crippen LogP contribution is 2.18. The van der Waals surface area contributed by atoms with E-state index in [0.29, 0.717) is 11.1 Å². The smallest absolute Gasteiger partial charge is 0.352 e. The van der Waals surface area contributed by atoms with Crippen molar-refractivity contribution in [2.45, 2.75) is 19.1 Å². The van der Waals surface area contributed by atoms with Crippen molar-refractivity contribution in [3.05, 3.63) is 65.5 Å². The third kappa shape index (κ3) is 5.91. The molecule has 0 aliphatic carbocycles. The molecule has 0 radical (unpaired) electrons. The fourth-order valence-electron chi connectivity index (χ4n) is 1.96. The van der Waals surface area contributed by atoms with Crippen molar-refractivity contribution in [3.8, 4) is 0 Å². The Labute approximate surface area is 140 Å². The van der Waals surface area contributed by atoms with Crippen molar-refractivity contribution < 1.29 is 27.2 Å². The van der Waals surface area contributed by atoms with Gasteiger partial charge in [0.05, 0.1) is 6.42 Å². The average Bonchev–Trinajstić information content (AvgIpc) is 2.55. The zero-order chi connectivity index (χ0) is 18.4. The lowest BCUT2D eigenvalue weighted by molar-refractivity contribution is -0.167. The van der Waals surface area contributed by atoms with Gasteiger partial charge in [0.2, 0.25) is 5.91 Å². The van der Waals surface area contributed by atoms with E-state index < -0.39 is 12.1 Å². The molecule has 25 heavy (non-hydrogen) atoms. The van der Waals surface area contributed by atoms with E-state index in [2.05, 4.69) is 5.32 Å². The number of alkyl halides is 3. The minimum Gasteiger partial charge on any atom is -0.352 e. The molecule has 2 aromatic carbocycles. The second-order valence-corrected chi connectivity index (χ2v) is 5.23. The summed E-state index contributed by atoms with van der Waals surface area (Å²) >= 11 is 0. The third-order valence-electron chi connectivity index (χ3n) is 3.24. The van der Waals surface area contributed by atoms with Crippen LogP contribution in [0, 0.1) is 5.82 Å². The number of hydrogen-bond acceptors (Lipinski definition) is 2. The fourth-order valence-corrected chi connectivity index (χ4v) is 1.96. The van der Waals surface area contributed by atoms with Crippen molar-refractivity contribution in [1.29, 1.82) is 0 Å². The van der Waals surface area contributed by atoms with Crippen molar-refractivity contribution in [2.24, 2.45) is 0 Å². The molecule has 2 aromatic rings. The molecule has 0 aliphatic heterocycles. The first-order chi connectivity index (χ1) is 11.7. The van der Waals surface area contributed by atoms with E-state index in [-0.39, 0.29) is 30.4 Å². The van der Waals surface area contributed by atoms with Gasteiger partial charge in [-0.3, -0.25) is 9.59 Å². The lowest BCUT2D eigenvalue weighted by atomic mass is 10.1. The number of carbonyl (C=O) groups is 2. The molecule has 0 saturated carbocycles. The average molecular weight is 354 g/mol. The van der Waals surface area contributed by atoms with Crippen LogP contribution in [0.5, 0.6) is 0 Å². The predicted molar refractivity (Wildman–Crippen MR) is 83.1 cm³/mol. The maximum atomic E-state index is 12.8. The number of benzene rings is 2. The lowest BCUT2D eigenvalue weighted by Gasteiger charge is -2.09. The molecular formula is C17H14F4N2O2.